The summed E-state index contributed by atoms with van der Waals surface area (Å²) < 4.78 is 27.1. The molecule has 21 heavy (non-hydrogen) atoms. The highest BCUT2D eigenvalue weighted by Gasteiger charge is 2.30. The maximum Gasteiger partial charge on any atom is 0.307 e. The number of hydrogen-bond donors (Lipinski definition) is 2. The molecule has 0 amide bonds. The minimum absolute atomic E-state index is 0.0519. The average molecular weight is 311 g/mol. The minimum atomic E-state index is -3.53. The number of aliphatic carboxylic acids is 1. The number of rotatable bonds is 6. The van der Waals surface area contributed by atoms with Gasteiger partial charge >= 0.3 is 5.97 Å². The van der Waals surface area contributed by atoms with Gasteiger partial charge in [0.25, 0.3) is 0 Å². The van der Waals surface area contributed by atoms with E-state index in [0.29, 0.717) is 12.1 Å². The number of nitrogens with one attached hydrogen (secondary N) is 1. The van der Waals surface area contributed by atoms with Crippen LogP contribution >= 0.6 is 0 Å². The van der Waals surface area contributed by atoms with Gasteiger partial charge in [-0.2, -0.15) is 0 Å². The predicted molar refractivity (Wildman–Crippen MR) is 79.5 cm³/mol. The Kier molecular flexibility index (Phi) is 4.68. The normalized spacial score (nSPS) is 17.8. The van der Waals surface area contributed by atoms with Crippen LogP contribution in [0.4, 0.5) is 0 Å². The van der Waals surface area contributed by atoms with Gasteiger partial charge in [-0.25, -0.2) is 13.1 Å². The van der Waals surface area contributed by atoms with Crippen LogP contribution in [0, 0.1) is 5.41 Å². The smallest absolute Gasteiger partial charge is 0.307 e. The molecule has 1 aromatic carbocycles. The van der Waals surface area contributed by atoms with Crippen LogP contribution in [0.2, 0.25) is 0 Å². The zero-order chi connectivity index (χ0) is 15.5. The Hall–Kier alpha value is -1.40. The molecule has 0 aromatic heterocycles. The average Bonchev–Trinajstić information content (AvgIpc) is 2.84. The fourth-order valence-corrected chi connectivity index (χ4v) is 3.92. The molecule has 0 saturated heterocycles. The SMILES string of the molecule is CC1(CNS(=O)(=O)c2ccc(CC(=O)O)cc2)CCCC1. The third-order valence-corrected chi connectivity index (χ3v) is 5.51. The summed E-state index contributed by atoms with van der Waals surface area (Å²) in [6, 6.07) is 6.00. The van der Waals surface area contributed by atoms with Crippen molar-refractivity contribution in [2.45, 2.75) is 43.9 Å². The third kappa shape index (κ3) is 4.28. The summed E-state index contributed by atoms with van der Waals surface area (Å²) in [4.78, 5) is 10.8. The fourth-order valence-electron chi connectivity index (χ4n) is 2.72. The molecular weight excluding hydrogens is 290 g/mol. The first-order valence-corrected chi connectivity index (χ1v) is 8.60. The monoisotopic (exact) mass is 311 g/mol. The first-order chi connectivity index (χ1) is 9.81. The highest BCUT2D eigenvalue weighted by Crippen LogP contribution is 2.36. The fraction of sp³-hybridized carbons (Fsp3) is 0.533. The molecule has 0 radical (unpaired) electrons. The van der Waals surface area contributed by atoms with Crippen LogP contribution in [0.15, 0.2) is 29.2 Å². The maximum atomic E-state index is 12.2. The number of carbonyl (C=O) groups is 1. The van der Waals surface area contributed by atoms with Crippen molar-refractivity contribution >= 4 is 16.0 Å². The lowest BCUT2D eigenvalue weighted by atomic mass is 9.89. The van der Waals surface area contributed by atoms with Crippen LogP contribution in [-0.4, -0.2) is 26.0 Å². The Morgan fingerprint density at radius 2 is 1.81 bits per heavy atom. The molecule has 0 spiro atoms. The zero-order valence-electron chi connectivity index (χ0n) is 12.1. The number of benzene rings is 1. The maximum absolute atomic E-state index is 12.2. The van der Waals surface area contributed by atoms with Crippen LogP contribution in [0.5, 0.6) is 0 Å². The van der Waals surface area contributed by atoms with Crippen molar-refractivity contribution in [1.82, 2.24) is 4.72 Å². The van der Waals surface area contributed by atoms with E-state index in [9.17, 15) is 13.2 Å². The molecule has 2 N–H and O–H groups in total. The van der Waals surface area contributed by atoms with Crippen LogP contribution in [0.3, 0.4) is 0 Å². The Morgan fingerprint density at radius 3 is 2.33 bits per heavy atom. The third-order valence-electron chi connectivity index (χ3n) is 4.09. The van der Waals surface area contributed by atoms with E-state index in [1.165, 1.54) is 12.1 Å². The molecule has 0 aliphatic heterocycles. The second-order valence-electron chi connectivity index (χ2n) is 6.06. The molecule has 2 rings (SSSR count). The number of carboxylic acids is 1. The van der Waals surface area contributed by atoms with E-state index in [1.807, 2.05) is 0 Å². The van der Waals surface area contributed by atoms with E-state index in [1.54, 1.807) is 12.1 Å². The Morgan fingerprint density at radius 1 is 1.24 bits per heavy atom. The molecule has 1 fully saturated rings. The van der Waals surface area contributed by atoms with Crippen molar-refractivity contribution in [1.29, 1.82) is 0 Å². The second-order valence-corrected chi connectivity index (χ2v) is 7.82. The van der Waals surface area contributed by atoms with E-state index < -0.39 is 16.0 Å². The molecule has 0 unspecified atom stereocenters. The summed E-state index contributed by atoms with van der Waals surface area (Å²) in [5, 5.41) is 8.70. The van der Waals surface area contributed by atoms with Crippen molar-refractivity contribution in [2.75, 3.05) is 6.54 Å². The van der Waals surface area contributed by atoms with Crippen molar-refractivity contribution in [2.24, 2.45) is 5.41 Å². The van der Waals surface area contributed by atoms with Crippen LogP contribution < -0.4 is 4.72 Å². The van der Waals surface area contributed by atoms with E-state index in [0.717, 1.165) is 25.7 Å². The van der Waals surface area contributed by atoms with Gasteiger partial charge < -0.3 is 5.11 Å². The Labute approximate surface area is 125 Å². The first-order valence-electron chi connectivity index (χ1n) is 7.11. The lowest BCUT2D eigenvalue weighted by Crippen LogP contribution is -2.34. The quantitative estimate of drug-likeness (QED) is 0.843. The zero-order valence-corrected chi connectivity index (χ0v) is 12.9. The number of sulfonamides is 1. The Bertz CT molecular complexity index is 601. The van der Waals surface area contributed by atoms with Gasteiger partial charge in [0, 0.05) is 6.54 Å². The van der Waals surface area contributed by atoms with Gasteiger partial charge in [0.1, 0.15) is 0 Å². The first kappa shape index (κ1) is 16.0. The summed E-state index contributed by atoms with van der Waals surface area (Å²) in [6.07, 6.45) is 4.30. The van der Waals surface area contributed by atoms with Crippen molar-refractivity contribution in [3.8, 4) is 0 Å². The second kappa shape index (κ2) is 6.15. The summed E-state index contributed by atoms with van der Waals surface area (Å²) in [6.45, 7) is 2.56. The molecule has 1 aliphatic carbocycles. The van der Waals surface area contributed by atoms with Crippen LogP contribution in [0.25, 0.3) is 0 Å². The molecule has 0 heterocycles. The molecule has 1 aliphatic rings. The summed E-state index contributed by atoms with van der Waals surface area (Å²) in [7, 11) is -3.53. The minimum Gasteiger partial charge on any atom is -0.481 e. The van der Waals surface area contributed by atoms with Gasteiger partial charge in [-0.15, -0.1) is 0 Å². The summed E-state index contributed by atoms with van der Waals surface area (Å²) >= 11 is 0. The predicted octanol–water partition coefficient (Wildman–Crippen LogP) is 2.17. The molecular formula is C15H21NO4S. The number of carboxylic acid groups (broad SMARTS) is 1. The molecule has 5 nitrogen and oxygen atoms in total. The van der Waals surface area contributed by atoms with Gasteiger partial charge in [0.2, 0.25) is 10.0 Å². The molecule has 1 saturated carbocycles. The molecule has 0 atom stereocenters. The van der Waals surface area contributed by atoms with Crippen molar-refractivity contribution in [3.63, 3.8) is 0 Å². The highest BCUT2D eigenvalue weighted by atomic mass is 32.2. The topological polar surface area (TPSA) is 83.5 Å². The van der Waals surface area contributed by atoms with E-state index in [4.69, 9.17) is 5.11 Å². The number of hydrogen-bond acceptors (Lipinski definition) is 3. The van der Waals surface area contributed by atoms with Gasteiger partial charge in [0.05, 0.1) is 11.3 Å². The van der Waals surface area contributed by atoms with Crippen molar-refractivity contribution < 1.29 is 18.3 Å². The van der Waals surface area contributed by atoms with Crippen molar-refractivity contribution in [3.05, 3.63) is 29.8 Å². The van der Waals surface area contributed by atoms with Crippen LogP contribution in [0.1, 0.15) is 38.2 Å². The molecule has 1 aromatic rings. The van der Waals surface area contributed by atoms with Gasteiger partial charge in [-0.1, -0.05) is 31.9 Å². The Balaban J connectivity index is 2.03. The molecule has 116 valence electrons. The summed E-state index contributed by atoms with van der Waals surface area (Å²) in [5.41, 5.74) is 0.639. The highest BCUT2D eigenvalue weighted by molar-refractivity contribution is 7.89. The van der Waals surface area contributed by atoms with E-state index >= 15 is 0 Å². The largest absolute Gasteiger partial charge is 0.481 e. The van der Waals surface area contributed by atoms with Crippen LogP contribution in [-0.2, 0) is 21.2 Å². The van der Waals surface area contributed by atoms with E-state index in [-0.39, 0.29) is 16.7 Å². The standard InChI is InChI=1S/C15H21NO4S/c1-15(8-2-3-9-15)11-16-21(19,20)13-6-4-12(5-7-13)10-14(17)18/h4-7,16H,2-3,8-11H2,1H3,(H,17,18). The summed E-state index contributed by atoms with van der Waals surface area (Å²) in [5.74, 6) is -0.933. The molecule has 6 heteroatoms. The lowest BCUT2D eigenvalue weighted by molar-refractivity contribution is -0.136. The van der Waals surface area contributed by atoms with E-state index in [2.05, 4.69) is 11.6 Å². The van der Waals surface area contributed by atoms with Gasteiger partial charge in [0.15, 0.2) is 0 Å². The van der Waals surface area contributed by atoms with Gasteiger partial charge in [-0.05, 0) is 36.0 Å². The lowest BCUT2D eigenvalue weighted by Gasteiger charge is -2.23. The molecule has 0 bridgehead atoms. The van der Waals surface area contributed by atoms with Gasteiger partial charge in [-0.3, -0.25) is 4.79 Å².